The van der Waals surface area contributed by atoms with Crippen LogP contribution in [-0.2, 0) is 14.8 Å². The van der Waals surface area contributed by atoms with Crippen molar-refractivity contribution in [2.24, 2.45) is 5.92 Å². The third-order valence-electron chi connectivity index (χ3n) is 2.95. The Hall–Kier alpha value is -0.910. The molecule has 0 bridgehead atoms. The first-order valence-electron chi connectivity index (χ1n) is 5.67. The highest BCUT2D eigenvalue weighted by Gasteiger charge is 2.29. The van der Waals surface area contributed by atoms with E-state index in [1.807, 2.05) is 30.3 Å². The van der Waals surface area contributed by atoms with Gasteiger partial charge in [0.1, 0.15) is 0 Å². The van der Waals surface area contributed by atoms with E-state index in [1.165, 1.54) is 6.26 Å². The van der Waals surface area contributed by atoms with Crippen molar-refractivity contribution >= 4 is 10.0 Å². The number of sulfonamides is 1. The second kappa shape index (κ2) is 5.16. The van der Waals surface area contributed by atoms with Crippen molar-refractivity contribution in [1.82, 2.24) is 4.72 Å². The van der Waals surface area contributed by atoms with Gasteiger partial charge in [0.15, 0.2) is 0 Å². The maximum atomic E-state index is 11.1. The molecule has 0 aliphatic carbocycles. The molecule has 0 unspecified atom stereocenters. The Labute approximate surface area is 102 Å². The lowest BCUT2D eigenvalue weighted by atomic mass is 9.96. The molecule has 2 atom stereocenters. The molecular formula is C12H17NO3S. The van der Waals surface area contributed by atoms with Gasteiger partial charge in [0.05, 0.1) is 12.4 Å². The van der Waals surface area contributed by atoms with E-state index in [1.54, 1.807) is 0 Å². The summed E-state index contributed by atoms with van der Waals surface area (Å²) in [6.45, 7) is 1.13. The summed E-state index contributed by atoms with van der Waals surface area (Å²) in [6, 6.07) is 9.94. The summed E-state index contributed by atoms with van der Waals surface area (Å²) in [5, 5.41) is 0. The van der Waals surface area contributed by atoms with Gasteiger partial charge in [0.25, 0.3) is 0 Å². The lowest BCUT2D eigenvalue weighted by Gasteiger charge is -2.18. The molecule has 2 rings (SSSR count). The highest BCUT2D eigenvalue weighted by atomic mass is 32.2. The van der Waals surface area contributed by atoms with E-state index < -0.39 is 10.0 Å². The first-order valence-corrected chi connectivity index (χ1v) is 7.56. The second-order valence-corrected chi connectivity index (χ2v) is 6.20. The fourth-order valence-corrected chi connectivity index (χ4v) is 2.63. The predicted octanol–water partition coefficient (Wildman–Crippen LogP) is 1.31. The molecule has 0 radical (unpaired) electrons. The zero-order valence-corrected chi connectivity index (χ0v) is 10.6. The molecule has 17 heavy (non-hydrogen) atoms. The number of nitrogens with one attached hydrogen (secondary N) is 1. The highest BCUT2D eigenvalue weighted by Crippen LogP contribution is 2.33. The first-order chi connectivity index (χ1) is 8.06. The van der Waals surface area contributed by atoms with Crippen molar-refractivity contribution < 1.29 is 13.2 Å². The van der Waals surface area contributed by atoms with E-state index in [0.717, 1.165) is 12.0 Å². The summed E-state index contributed by atoms with van der Waals surface area (Å²) < 4.78 is 30.4. The Morgan fingerprint density at radius 2 is 2.06 bits per heavy atom. The first kappa shape index (κ1) is 12.5. The standard InChI is InChI=1S/C12H17NO3S/c1-17(14,15)13-9-11-7-8-16-12(11)10-5-3-2-4-6-10/h2-6,11-13H,7-9H2,1H3/t11-,12-/m1/s1. The van der Waals surface area contributed by atoms with E-state index in [4.69, 9.17) is 4.74 Å². The molecule has 0 spiro atoms. The molecule has 4 nitrogen and oxygen atoms in total. The third kappa shape index (κ3) is 3.52. The van der Waals surface area contributed by atoms with Gasteiger partial charge in [-0.15, -0.1) is 0 Å². The average Bonchev–Trinajstić information content (AvgIpc) is 2.75. The zero-order valence-electron chi connectivity index (χ0n) is 9.80. The van der Waals surface area contributed by atoms with Crippen molar-refractivity contribution in [3.8, 4) is 0 Å². The maximum absolute atomic E-state index is 11.1. The monoisotopic (exact) mass is 255 g/mol. The maximum Gasteiger partial charge on any atom is 0.208 e. The Balaban J connectivity index is 2.03. The molecule has 1 aliphatic heterocycles. The lowest BCUT2D eigenvalue weighted by molar-refractivity contribution is 0.0917. The minimum Gasteiger partial charge on any atom is -0.373 e. The molecule has 0 saturated carbocycles. The van der Waals surface area contributed by atoms with Crippen molar-refractivity contribution in [3.63, 3.8) is 0 Å². The highest BCUT2D eigenvalue weighted by molar-refractivity contribution is 7.88. The lowest BCUT2D eigenvalue weighted by Crippen LogP contribution is -2.29. The molecule has 1 heterocycles. The molecule has 1 aliphatic rings. The summed E-state index contributed by atoms with van der Waals surface area (Å²) in [4.78, 5) is 0. The van der Waals surface area contributed by atoms with Gasteiger partial charge >= 0.3 is 0 Å². The molecule has 1 aromatic rings. The van der Waals surface area contributed by atoms with Crippen LogP contribution < -0.4 is 4.72 Å². The minimum atomic E-state index is -3.12. The molecule has 5 heteroatoms. The van der Waals surface area contributed by atoms with Gasteiger partial charge < -0.3 is 4.74 Å². The topological polar surface area (TPSA) is 55.4 Å². The fourth-order valence-electron chi connectivity index (χ4n) is 2.11. The van der Waals surface area contributed by atoms with Gasteiger partial charge in [-0.25, -0.2) is 13.1 Å². The summed E-state index contributed by atoms with van der Waals surface area (Å²) in [6.07, 6.45) is 2.08. The summed E-state index contributed by atoms with van der Waals surface area (Å²) in [5.41, 5.74) is 1.12. The Morgan fingerprint density at radius 3 is 2.71 bits per heavy atom. The van der Waals surface area contributed by atoms with E-state index in [9.17, 15) is 8.42 Å². The Kier molecular flexibility index (Phi) is 3.81. The normalized spacial score (nSPS) is 25.0. The number of hydrogen-bond acceptors (Lipinski definition) is 3. The van der Waals surface area contributed by atoms with Gasteiger partial charge in [-0.05, 0) is 12.0 Å². The van der Waals surface area contributed by atoms with Crippen LogP contribution in [0.25, 0.3) is 0 Å². The van der Waals surface area contributed by atoms with Crippen molar-refractivity contribution in [3.05, 3.63) is 35.9 Å². The smallest absolute Gasteiger partial charge is 0.208 e. The van der Waals surface area contributed by atoms with Crippen molar-refractivity contribution in [1.29, 1.82) is 0 Å². The summed E-state index contributed by atoms with van der Waals surface area (Å²) in [7, 11) is -3.12. The molecule has 0 aromatic heterocycles. The van der Waals surface area contributed by atoms with E-state index >= 15 is 0 Å². The molecular weight excluding hydrogens is 238 g/mol. The van der Waals surface area contributed by atoms with Crippen LogP contribution in [0.3, 0.4) is 0 Å². The molecule has 1 saturated heterocycles. The fraction of sp³-hybridized carbons (Fsp3) is 0.500. The van der Waals surface area contributed by atoms with Crippen LogP contribution in [0.5, 0.6) is 0 Å². The molecule has 94 valence electrons. The van der Waals surface area contributed by atoms with Crippen LogP contribution in [0.15, 0.2) is 30.3 Å². The molecule has 1 N–H and O–H groups in total. The largest absolute Gasteiger partial charge is 0.373 e. The van der Waals surface area contributed by atoms with Gasteiger partial charge in [-0.3, -0.25) is 0 Å². The Morgan fingerprint density at radius 1 is 1.35 bits per heavy atom. The molecule has 1 aromatic carbocycles. The number of hydrogen-bond donors (Lipinski definition) is 1. The van der Waals surface area contributed by atoms with E-state index in [0.29, 0.717) is 13.2 Å². The van der Waals surface area contributed by atoms with Crippen LogP contribution in [0.4, 0.5) is 0 Å². The van der Waals surface area contributed by atoms with Crippen LogP contribution >= 0.6 is 0 Å². The predicted molar refractivity (Wildman–Crippen MR) is 66.1 cm³/mol. The van der Waals surface area contributed by atoms with Crippen LogP contribution in [-0.4, -0.2) is 27.8 Å². The van der Waals surface area contributed by atoms with Gasteiger partial charge in [0.2, 0.25) is 10.0 Å². The number of benzene rings is 1. The van der Waals surface area contributed by atoms with E-state index in [-0.39, 0.29) is 12.0 Å². The number of rotatable bonds is 4. The quantitative estimate of drug-likeness (QED) is 0.882. The van der Waals surface area contributed by atoms with Crippen molar-refractivity contribution in [2.45, 2.75) is 12.5 Å². The molecule has 0 amide bonds. The molecule has 1 fully saturated rings. The Bertz CT molecular complexity index is 458. The van der Waals surface area contributed by atoms with Crippen LogP contribution in [0.2, 0.25) is 0 Å². The minimum absolute atomic E-state index is 0.00505. The van der Waals surface area contributed by atoms with Crippen molar-refractivity contribution in [2.75, 3.05) is 19.4 Å². The van der Waals surface area contributed by atoms with Gasteiger partial charge in [0, 0.05) is 19.1 Å². The van der Waals surface area contributed by atoms with E-state index in [2.05, 4.69) is 4.72 Å². The van der Waals surface area contributed by atoms with Crippen LogP contribution in [0, 0.1) is 5.92 Å². The van der Waals surface area contributed by atoms with Gasteiger partial charge in [-0.1, -0.05) is 30.3 Å². The zero-order chi connectivity index (χ0) is 12.3. The SMILES string of the molecule is CS(=O)(=O)NC[C@H]1CCO[C@@H]1c1ccccc1. The number of ether oxygens (including phenoxy) is 1. The van der Waals surface area contributed by atoms with Crippen LogP contribution in [0.1, 0.15) is 18.1 Å². The third-order valence-corrected chi connectivity index (χ3v) is 3.64. The summed E-state index contributed by atoms with van der Waals surface area (Å²) >= 11 is 0. The second-order valence-electron chi connectivity index (χ2n) is 4.37. The van der Waals surface area contributed by atoms with Gasteiger partial charge in [-0.2, -0.15) is 0 Å². The summed E-state index contributed by atoms with van der Waals surface area (Å²) in [5.74, 6) is 0.215. The average molecular weight is 255 g/mol.